The first-order valence-corrected chi connectivity index (χ1v) is 9.61. The van der Waals surface area contributed by atoms with Gasteiger partial charge in [-0.3, -0.25) is 14.7 Å². The Hall–Kier alpha value is -2.23. The number of rotatable bonds is 8. The molecule has 0 spiro atoms. The van der Waals surface area contributed by atoms with Gasteiger partial charge >= 0.3 is 13.8 Å². The molecule has 8 nitrogen and oxygen atoms in total. The number of hydrogen-bond acceptors (Lipinski definition) is 6. The smallest absolute Gasteiger partial charge is 0.309 e. The minimum Gasteiger partial charge on any atom is -0.309 e. The van der Waals surface area contributed by atoms with Gasteiger partial charge in [0.05, 0.1) is 35.7 Å². The van der Waals surface area contributed by atoms with Crippen LogP contribution in [0.1, 0.15) is 25.1 Å². The van der Waals surface area contributed by atoms with E-state index in [1.54, 1.807) is 13.8 Å². The topological polar surface area (TPSA) is 96.5 Å². The zero-order chi connectivity index (χ0) is 20.2. The second-order valence-electron chi connectivity index (χ2n) is 5.31. The van der Waals surface area contributed by atoms with Crippen LogP contribution in [0.2, 0.25) is 0 Å². The highest BCUT2D eigenvalue weighted by Crippen LogP contribution is 2.51. The van der Waals surface area contributed by atoms with Crippen LogP contribution in [0, 0.1) is 10.1 Å². The van der Waals surface area contributed by atoms with E-state index in [9.17, 15) is 27.9 Å². The van der Waals surface area contributed by atoms with Gasteiger partial charge in [-0.2, -0.15) is 18.3 Å². The predicted molar refractivity (Wildman–Crippen MR) is 89.8 cm³/mol. The number of nitro benzene ring substituents is 1. The SMILES string of the molecule is CCOP(=O)(Cc1ccn(-c2ccc([N+](=O)[O-])c(C(F)(F)F)c2)n1)OCC. The van der Waals surface area contributed by atoms with Crippen molar-refractivity contribution in [3.63, 3.8) is 0 Å². The molecule has 0 aliphatic rings. The van der Waals surface area contributed by atoms with Crippen LogP contribution >= 0.6 is 7.60 Å². The number of hydrogen-bond donors (Lipinski definition) is 0. The third-order valence-corrected chi connectivity index (χ3v) is 5.41. The maximum absolute atomic E-state index is 13.1. The minimum absolute atomic E-state index is 0.0261. The van der Waals surface area contributed by atoms with Crippen LogP contribution in [0.5, 0.6) is 0 Å². The summed E-state index contributed by atoms with van der Waals surface area (Å²) in [5.41, 5.74) is -2.17. The number of nitrogens with zero attached hydrogens (tertiary/aromatic N) is 3. The van der Waals surface area contributed by atoms with Gasteiger partial charge in [0.15, 0.2) is 0 Å². The molecule has 1 aromatic carbocycles. The molecule has 2 aromatic rings. The molecule has 0 saturated carbocycles. The summed E-state index contributed by atoms with van der Waals surface area (Å²) in [5, 5.41) is 14.9. The third kappa shape index (κ3) is 5.15. The van der Waals surface area contributed by atoms with Crippen LogP contribution in [-0.2, 0) is 26.0 Å². The highest BCUT2D eigenvalue weighted by atomic mass is 31.2. The molecule has 0 N–H and O–H groups in total. The van der Waals surface area contributed by atoms with Crippen molar-refractivity contribution in [2.75, 3.05) is 13.2 Å². The first-order chi connectivity index (χ1) is 12.6. The standard InChI is InChI=1S/C15H17F3N3O5P/c1-3-25-27(24,26-4-2)10-11-7-8-20(19-11)12-5-6-14(21(22)23)13(9-12)15(16,17)18/h5-9H,3-4,10H2,1-2H3. The first kappa shape index (κ1) is 21.1. The average Bonchev–Trinajstić information content (AvgIpc) is 3.01. The normalized spacial score (nSPS) is 12.3. The average molecular weight is 407 g/mol. The highest BCUT2D eigenvalue weighted by molar-refractivity contribution is 7.53. The fourth-order valence-corrected chi connectivity index (χ4v) is 3.97. The van der Waals surface area contributed by atoms with E-state index in [0.29, 0.717) is 6.07 Å². The van der Waals surface area contributed by atoms with Crippen molar-refractivity contribution in [3.05, 3.63) is 51.8 Å². The van der Waals surface area contributed by atoms with Crippen molar-refractivity contribution in [3.8, 4) is 5.69 Å². The first-order valence-electron chi connectivity index (χ1n) is 7.88. The summed E-state index contributed by atoms with van der Waals surface area (Å²) in [4.78, 5) is 9.73. The molecule has 0 radical (unpaired) electrons. The summed E-state index contributed by atoms with van der Waals surface area (Å²) in [5.74, 6) is 0. The van der Waals surface area contributed by atoms with Crippen molar-refractivity contribution >= 4 is 13.3 Å². The maximum atomic E-state index is 13.1. The zero-order valence-electron chi connectivity index (χ0n) is 14.5. The Morgan fingerprint density at radius 1 is 1.22 bits per heavy atom. The van der Waals surface area contributed by atoms with Crippen molar-refractivity contribution < 1.29 is 31.7 Å². The van der Waals surface area contributed by atoms with Gasteiger partial charge in [-0.05, 0) is 32.0 Å². The lowest BCUT2D eigenvalue weighted by molar-refractivity contribution is -0.388. The molecule has 0 aliphatic heterocycles. The molecule has 27 heavy (non-hydrogen) atoms. The van der Waals surface area contributed by atoms with E-state index in [2.05, 4.69) is 5.10 Å². The lowest BCUT2D eigenvalue weighted by Gasteiger charge is -2.15. The van der Waals surface area contributed by atoms with E-state index in [-0.39, 0.29) is 30.8 Å². The van der Waals surface area contributed by atoms with E-state index >= 15 is 0 Å². The van der Waals surface area contributed by atoms with Crippen molar-refractivity contribution in [2.45, 2.75) is 26.2 Å². The lowest BCUT2D eigenvalue weighted by Crippen LogP contribution is -2.10. The fraction of sp³-hybridized carbons (Fsp3) is 0.400. The highest BCUT2D eigenvalue weighted by Gasteiger charge is 2.38. The van der Waals surface area contributed by atoms with Gasteiger partial charge < -0.3 is 9.05 Å². The number of alkyl halides is 3. The Kier molecular flexibility index (Phi) is 6.40. The molecule has 0 fully saturated rings. The fourth-order valence-electron chi connectivity index (χ4n) is 2.36. The number of benzene rings is 1. The van der Waals surface area contributed by atoms with Gasteiger partial charge in [-0.25, -0.2) is 4.68 Å². The zero-order valence-corrected chi connectivity index (χ0v) is 15.4. The van der Waals surface area contributed by atoms with Gasteiger partial charge in [-0.1, -0.05) is 0 Å². The van der Waals surface area contributed by atoms with Crippen molar-refractivity contribution in [1.82, 2.24) is 9.78 Å². The largest absolute Gasteiger partial charge is 0.423 e. The summed E-state index contributed by atoms with van der Waals surface area (Å²) in [6.45, 7) is 3.63. The molecule has 0 bridgehead atoms. The maximum Gasteiger partial charge on any atom is 0.423 e. The second kappa shape index (κ2) is 8.20. The second-order valence-corrected chi connectivity index (χ2v) is 7.37. The quantitative estimate of drug-likeness (QED) is 0.361. The van der Waals surface area contributed by atoms with Crippen LogP contribution in [0.25, 0.3) is 5.69 Å². The number of nitro groups is 1. The van der Waals surface area contributed by atoms with Gasteiger partial charge in [0.1, 0.15) is 5.56 Å². The van der Waals surface area contributed by atoms with Crippen LogP contribution in [-0.4, -0.2) is 27.9 Å². The molecule has 1 heterocycles. The van der Waals surface area contributed by atoms with Gasteiger partial charge in [-0.15, -0.1) is 0 Å². The molecule has 1 aromatic heterocycles. The molecule has 2 rings (SSSR count). The van der Waals surface area contributed by atoms with Crippen molar-refractivity contribution in [2.24, 2.45) is 0 Å². The molecular formula is C15H17F3N3O5P. The Morgan fingerprint density at radius 2 is 1.85 bits per heavy atom. The van der Waals surface area contributed by atoms with Gasteiger partial charge in [0.25, 0.3) is 5.69 Å². The molecule has 0 amide bonds. The van der Waals surface area contributed by atoms with Crippen LogP contribution in [0.15, 0.2) is 30.5 Å². The molecule has 12 heteroatoms. The Morgan fingerprint density at radius 3 is 2.37 bits per heavy atom. The Bertz CT molecular complexity index is 859. The summed E-state index contributed by atoms with van der Waals surface area (Å²) in [6, 6.07) is 4.01. The summed E-state index contributed by atoms with van der Waals surface area (Å²) in [7, 11) is -3.42. The molecule has 0 saturated heterocycles. The number of aromatic nitrogens is 2. The van der Waals surface area contributed by atoms with E-state index in [4.69, 9.17) is 9.05 Å². The molecule has 0 unspecified atom stereocenters. The van der Waals surface area contributed by atoms with Crippen LogP contribution < -0.4 is 0 Å². The van der Waals surface area contributed by atoms with Crippen LogP contribution in [0.3, 0.4) is 0 Å². The molecule has 0 aliphatic carbocycles. The molecule has 148 valence electrons. The van der Waals surface area contributed by atoms with E-state index in [0.717, 1.165) is 16.8 Å². The molecular weight excluding hydrogens is 390 g/mol. The number of halogens is 3. The minimum atomic E-state index is -4.89. The van der Waals surface area contributed by atoms with E-state index in [1.165, 1.54) is 12.3 Å². The van der Waals surface area contributed by atoms with E-state index in [1.807, 2.05) is 0 Å². The van der Waals surface area contributed by atoms with Gasteiger partial charge in [0.2, 0.25) is 0 Å². The van der Waals surface area contributed by atoms with Crippen molar-refractivity contribution in [1.29, 1.82) is 0 Å². The Balaban J connectivity index is 2.36. The monoisotopic (exact) mass is 407 g/mol. The predicted octanol–water partition coefficient (Wildman–Crippen LogP) is 4.57. The van der Waals surface area contributed by atoms with E-state index < -0.39 is 29.9 Å². The summed E-state index contributed by atoms with van der Waals surface area (Å²) >= 11 is 0. The summed E-state index contributed by atoms with van der Waals surface area (Å²) in [6.07, 6.45) is -3.69. The Labute approximate surface area is 152 Å². The summed E-state index contributed by atoms with van der Waals surface area (Å²) < 4.78 is 63.2. The third-order valence-electron chi connectivity index (χ3n) is 3.40. The van der Waals surface area contributed by atoms with Gasteiger partial charge in [0, 0.05) is 12.3 Å². The molecule has 0 atom stereocenters. The lowest BCUT2D eigenvalue weighted by atomic mass is 10.1. The van der Waals surface area contributed by atoms with Crippen LogP contribution in [0.4, 0.5) is 18.9 Å².